The summed E-state index contributed by atoms with van der Waals surface area (Å²) in [5.74, 6) is 3.90. The molecule has 0 spiro atoms. The number of hydrogen-bond acceptors (Lipinski definition) is 0. The molecular weight excluding hydrogens is 120 g/mol. The van der Waals surface area contributed by atoms with Crippen LogP contribution >= 0.6 is 0 Å². The van der Waals surface area contributed by atoms with E-state index in [1.165, 1.54) is 0 Å². The first-order valence-corrected chi connectivity index (χ1v) is 3.76. The monoisotopic (exact) mass is 136 g/mol. The number of terminal acetylenes is 1. The fourth-order valence-corrected chi connectivity index (χ4v) is 1.02. The van der Waals surface area contributed by atoms with Gasteiger partial charge in [0.15, 0.2) is 0 Å². The van der Waals surface area contributed by atoms with Crippen molar-refractivity contribution in [3.8, 4) is 12.3 Å². The fraction of sp³-hybridized carbons (Fsp3) is 0.600. The second-order valence-electron chi connectivity index (χ2n) is 2.96. The van der Waals surface area contributed by atoms with E-state index >= 15 is 0 Å². The van der Waals surface area contributed by atoms with Gasteiger partial charge in [-0.1, -0.05) is 19.9 Å². The molecule has 0 aromatic rings. The standard InChI is InChI=1S/C10H16/c1-5-7-10(4)8-9(3)6-2/h1,6,9-10H,2,7-8H2,3-4H3/t9-,10?/m1/s1. The zero-order valence-electron chi connectivity index (χ0n) is 6.93. The maximum Gasteiger partial charge on any atom is 0.0112 e. The molecule has 2 atom stereocenters. The van der Waals surface area contributed by atoms with Crippen LogP contribution in [0.15, 0.2) is 12.7 Å². The van der Waals surface area contributed by atoms with Crippen LogP contribution in [-0.4, -0.2) is 0 Å². The molecule has 0 aliphatic carbocycles. The highest BCUT2D eigenvalue weighted by atomic mass is 14.1. The Morgan fingerprint density at radius 2 is 2.20 bits per heavy atom. The molecular formula is C10H16. The quantitative estimate of drug-likeness (QED) is 0.412. The lowest BCUT2D eigenvalue weighted by molar-refractivity contribution is 0.477. The molecule has 10 heavy (non-hydrogen) atoms. The second-order valence-corrected chi connectivity index (χ2v) is 2.96. The fourth-order valence-electron chi connectivity index (χ4n) is 1.02. The van der Waals surface area contributed by atoms with Gasteiger partial charge in [-0.2, -0.15) is 0 Å². The molecule has 0 aliphatic heterocycles. The van der Waals surface area contributed by atoms with Crippen LogP contribution in [0, 0.1) is 24.2 Å². The van der Waals surface area contributed by atoms with Gasteiger partial charge in [0.1, 0.15) is 0 Å². The zero-order valence-corrected chi connectivity index (χ0v) is 6.93. The molecule has 0 amide bonds. The van der Waals surface area contributed by atoms with Gasteiger partial charge in [0.05, 0.1) is 0 Å². The molecule has 0 aromatic heterocycles. The van der Waals surface area contributed by atoms with Gasteiger partial charge < -0.3 is 0 Å². The summed E-state index contributed by atoms with van der Waals surface area (Å²) in [6.45, 7) is 8.07. The van der Waals surface area contributed by atoms with Crippen molar-refractivity contribution in [2.75, 3.05) is 0 Å². The Balaban J connectivity index is 3.48. The third-order valence-electron chi connectivity index (χ3n) is 1.64. The van der Waals surface area contributed by atoms with Crippen LogP contribution in [0.1, 0.15) is 26.7 Å². The Hall–Kier alpha value is -0.700. The molecule has 0 aliphatic rings. The van der Waals surface area contributed by atoms with Crippen molar-refractivity contribution in [2.24, 2.45) is 11.8 Å². The van der Waals surface area contributed by atoms with E-state index in [-0.39, 0.29) is 0 Å². The Bertz CT molecular complexity index is 127. The third kappa shape index (κ3) is 4.21. The molecule has 0 rings (SSSR count). The van der Waals surface area contributed by atoms with Gasteiger partial charge in [-0.15, -0.1) is 18.9 Å². The Labute approximate surface area is 64.3 Å². The largest absolute Gasteiger partial charge is 0.120 e. The van der Waals surface area contributed by atoms with Gasteiger partial charge in [0.25, 0.3) is 0 Å². The molecule has 0 heteroatoms. The molecule has 0 saturated carbocycles. The first kappa shape index (κ1) is 9.30. The van der Waals surface area contributed by atoms with Crippen LogP contribution in [0.3, 0.4) is 0 Å². The zero-order chi connectivity index (χ0) is 7.98. The summed E-state index contributed by atoms with van der Waals surface area (Å²) in [6.07, 6.45) is 9.20. The van der Waals surface area contributed by atoms with E-state index in [0.29, 0.717) is 11.8 Å². The van der Waals surface area contributed by atoms with Crippen molar-refractivity contribution in [3.05, 3.63) is 12.7 Å². The summed E-state index contributed by atoms with van der Waals surface area (Å²) >= 11 is 0. The molecule has 0 bridgehead atoms. The van der Waals surface area contributed by atoms with Gasteiger partial charge >= 0.3 is 0 Å². The molecule has 0 nitrogen and oxygen atoms in total. The van der Waals surface area contributed by atoms with Crippen molar-refractivity contribution in [3.63, 3.8) is 0 Å². The van der Waals surface area contributed by atoms with Crippen molar-refractivity contribution in [1.29, 1.82) is 0 Å². The average molecular weight is 136 g/mol. The molecule has 0 saturated heterocycles. The van der Waals surface area contributed by atoms with Gasteiger partial charge in [-0.3, -0.25) is 0 Å². The van der Waals surface area contributed by atoms with E-state index < -0.39 is 0 Å². The predicted molar refractivity (Wildman–Crippen MR) is 46.6 cm³/mol. The predicted octanol–water partition coefficient (Wildman–Crippen LogP) is 2.86. The highest BCUT2D eigenvalue weighted by Crippen LogP contribution is 2.14. The van der Waals surface area contributed by atoms with E-state index in [9.17, 15) is 0 Å². The van der Waals surface area contributed by atoms with Gasteiger partial charge in [-0.25, -0.2) is 0 Å². The maximum absolute atomic E-state index is 5.17. The maximum atomic E-state index is 5.17. The number of rotatable bonds is 4. The highest BCUT2D eigenvalue weighted by molar-refractivity contribution is 4.87. The minimum absolute atomic E-state index is 0.600. The lowest BCUT2D eigenvalue weighted by Crippen LogP contribution is -1.99. The normalized spacial score (nSPS) is 15.3. The van der Waals surface area contributed by atoms with Crippen molar-refractivity contribution in [1.82, 2.24) is 0 Å². The summed E-state index contributed by atoms with van der Waals surface area (Å²) in [7, 11) is 0. The highest BCUT2D eigenvalue weighted by Gasteiger charge is 2.03. The van der Waals surface area contributed by atoms with Crippen LogP contribution in [0.2, 0.25) is 0 Å². The van der Waals surface area contributed by atoms with E-state index in [2.05, 4.69) is 26.3 Å². The lowest BCUT2D eigenvalue weighted by Gasteiger charge is -2.10. The molecule has 1 unspecified atom stereocenters. The Morgan fingerprint density at radius 3 is 2.60 bits per heavy atom. The summed E-state index contributed by atoms with van der Waals surface area (Å²) in [5.41, 5.74) is 0. The SMILES string of the molecule is C#CCC(C)C[C@H](C)C=C. The molecule has 0 N–H and O–H groups in total. The smallest absolute Gasteiger partial charge is 0.0112 e. The van der Waals surface area contributed by atoms with Crippen LogP contribution < -0.4 is 0 Å². The Morgan fingerprint density at radius 1 is 1.60 bits per heavy atom. The van der Waals surface area contributed by atoms with Crippen molar-refractivity contribution in [2.45, 2.75) is 26.7 Å². The first-order chi connectivity index (χ1) is 4.70. The number of allylic oxidation sites excluding steroid dienone is 1. The Kier molecular flexibility index (Phi) is 4.76. The molecule has 0 aromatic carbocycles. The van der Waals surface area contributed by atoms with Gasteiger partial charge in [-0.05, 0) is 18.3 Å². The van der Waals surface area contributed by atoms with Gasteiger partial charge in [0.2, 0.25) is 0 Å². The third-order valence-corrected chi connectivity index (χ3v) is 1.64. The summed E-state index contributed by atoms with van der Waals surface area (Å²) < 4.78 is 0. The molecule has 0 heterocycles. The molecule has 56 valence electrons. The molecule has 0 fully saturated rings. The van der Waals surface area contributed by atoms with E-state index in [1.807, 2.05) is 6.08 Å². The van der Waals surface area contributed by atoms with E-state index in [0.717, 1.165) is 12.8 Å². The second kappa shape index (κ2) is 5.11. The van der Waals surface area contributed by atoms with Crippen LogP contribution in [0.5, 0.6) is 0 Å². The minimum Gasteiger partial charge on any atom is -0.120 e. The van der Waals surface area contributed by atoms with Gasteiger partial charge in [0, 0.05) is 6.42 Å². The summed E-state index contributed by atoms with van der Waals surface area (Å²) in [6, 6.07) is 0. The summed E-state index contributed by atoms with van der Waals surface area (Å²) in [4.78, 5) is 0. The van der Waals surface area contributed by atoms with E-state index in [4.69, 9.17) is 6.42 Å². The number of hydrogen-bond donors (Lipinski definition) is 0. The molecule has 0 radical (unpaired) electrons. The summed E-state index contributed by atoms with van der Waals surface area (Å²) in [5, 5.41) is 0. The van der Waals surface area contributed by atoms with E-state index in [1.54, 1.807) is 0 Å². The lowest BCUT2D eigenvalue weighted by atomic mass is 9.95. The topological polar surface area (TPSA) is 0 Å². The van der Waals surface area contributed by atoms with Crippen molar-refractivity contribution >= 4 is 0 Å². The van der Waals surface area contributed by atoms with Crippen LogP contribution in [-0.2, 0) is 0 Å². The van der Waals surface area contributed by atoms with Crippen LogP contribution in [0.25, 0.3) is 0 Å². The average Bonchev–Trinajstić information content (AvgIpc) is 1.88. The van der Waals surface area contributed by atoms with Crippen molar-refractivity contribution < 1.29 is 0 Å². The minimum atomic E-state index is 0.600. The first-order valence-electron chi connectivity index (χ1n) is 3.76. The van der Waals surface area contributed by atoms with Crippen LogP contribution in [0.4, 0.5) is 0 Å².